The minimum Gasteiger partial charge on any atom is -0.324 e. The van der Waals surface area contributed by atoms with Gasteiger partial charge in [0.1, 0.15) is 0 Å². The number of hydrogen-bond acceptors (Lipinski definition) is 2. The molecule has 162 valence electrons. The summed E-state index contributed by atoms with van der Waals surface area (Å²) < 4.78 is 0. The summed E-state index contributed by atoms with van der Waals surface area (Å²) in [6.45, 7) is 0. The van der Waals surface area contributed by atoms with Crippen LogP contribution in [0.3, 0.4) is 0 Å². The monoisotopic (exact) mass is 396 g/mol. The van der Waals surface area contributed by atoms with Crippen LogP contribution in [0.4, 0.5) is 0 Å². The molecule has 0 bridgehead atoms. The van der Waals surface area contributed by atoms with Crippen LogP contribution in [0.5, 0.6) is 0 Å². The van der Waals surface area contributed by atoms with Crippen molar-refractivity contribution in [3.8, 4) is 0 Å². The zero-order chi connectivity index (χ0) is 19.9. The Morgan fingerprint density at radius 1 is 0.793 bits per heavy atom. The molecule has 0 radical (unpaired) electrons. The van der Waals surface area contributed by atoms with Crippen LogP contribution in [0.15, 0.2) is 28.4 Å². The van der Waals surface area contributed by atoms with Gasteiger partial charge in [-0.25, -0.2) is 0 Å². The van der Waals surface area contributed by atoms with Crippen molar-refractivity contribution in [3.63, 3.8) is 0 Å². The van der Waals surface area contributed by atoms with Gasteiger partial charge < -0.3 is 5.84 Å². The van der Waals surface area contributed by atoms with Crippen LogP contribution in [-0.4, -0.2) is 6.21 Å². The summed E-state index contributed by atoms with van der Waals surface area (Å²) in [5.74, 6) is 10.3. The van der Waals surface area contributed by atoms with Crippen molar-refractivity contribution in [2.75, 3.05) is 0 Å². The molecule has 2 N–H and O–H groups in total. The number of fused-ring (bicyclic) bond motifs is 1. The molecule has 5 atom stereocenters. The smallest absolute Gasteiger partial charge is 0.0240 e. The molecule has 0 aromatic carbocycles. The summed E-state index contributed by atoms with van der Waals surface area (Å²) in [4.78, 5) is 0. The Bertz CT molecular complexity index is 600. The lowest BCUT2D eigenvalue weighted by atomic mass is 9.60. The molecule has 0 aromatic heterocycles. The maximum absolute atomic E-state index is 5.18. The van der Waals surface area contributed by atoms with E-state index >= 15 is 0 Å². The highest BCUT2D eigenvalue weighted by molar-refractivity contribution is 5.56. The number of allylic oxidation sites excluding steroid dienone is 4. The fourth-order valence-corrected chi connectivity index (χ4v) is 7.29. The first kappa shape index (κ1) is 21.2. The molecule has 4 rings (SSSR count). The molecule has 0 aliphatic heterocycles. The highest BCUT2D eigenvalue weighted by Crippen LogP contribution is 2.49. The van der Waals surface area contributed by atoms with Gasteiger partial charge in [-0.15, -0.1) is 0 Å². The van der Waals surface area contributed by atoms with Crippen LogP contribution in [0.25, 0.3) is 0 Å². The maximum Gasteiger partial charge on any atom is 0.0240 e. The van der Waals surface area contributed by atoms with Crippen molar-refractivity contribution in [1.82, 2.24) is 0 Å². The molecular formula is C27H44N2. The zero-order valence-electron chi connectivity index (χ0n) is 18.7. The van der Waals surface area contributed by atoms with Crippen LogP contribution in [0.2, 0.25) is 0 Å². The van der Waals surface area contributed by atoms with E-state index in [9.17, 15) is 0 Å². The molecule has 0 aromatic rings. The number of hydrazone groups is 1. The second-order valence-electron chi connectivity index (χ2n) is 10.6. The molecule has 0 amide bonds. The average Bonchev–Trinajstić information content (AvgIpc) is 2.79. The molecule has 0 saturated heterocycles. The third-order valence-electron chi connectivity index (χ3n) is 8.92. The van der Waals surface area contributed by atoms with Gasteiger partial charge in [-0.1, -0.05) is 57.1 Å². The first-order chi connectivity index (χ1) is 14.3. The lowest BCUT2D eigenvalue weighted by molar-refractivity contribution is 0.0600. The first-order valence-corrected chi connectivity index (χ1v) is 12.9. The van der Waals surface area contributed by atoms with Crippen LogP contribution in [0, 0.1) is 29.6 Å². The van der Waals surface area contributed by atoms with Gasteiger partial charge in [0.25, 0.3) is 0 Å². The van der Waals surface area contributed by atoms with Gasteiger partial charge in [-0.05, 0) is 105 Å². The predicted octanol–water partition coefficient (Wildman–Crippen LogP) is 7.55. The molecule has 4 aliphatic rings. The van der Waals surface area contributed by atoms with E-state index in [1.165, 1.54) is 83.5 Å². The Hall–Kier alpha value is -1.05. The molecule has 29 heavy (non-hydrogen) atoms. The summed E-state index contributed by atoms with van der Waals surface area (Å²) in [6.07, 6.45) is 31.1. The second kappa shape index (κ2) is 10.8. The van der Waals surface area contributed by atoms with E-state index in [1.54, 1.807) is 30.4 Å². The van der Waals surface area contributed by atoms with Crippen LogP contribution < -0.4 is 5.84 Å². The van der Waals surface area contributed by atoms with E-state index in [0.29, 0.717) is 0 Å². The van der Waals surface area contributed by atoms with Crippen molar-refractivity contribution < 1.29 is 0 Å². The summed E-state index contributed by atoms with van der Waals surface area (Å²) in [5, 5.41) is 3.60. The van der Waals surface area contributed by atoms with Gasteiger partial charge in [0.15, 0.2) is 0 Å². The molecule has 4 aliphatic carbocycles. The topological polar surface area (TPSA) is 38.4 Å². The van der Waals surface area contributed by atoms with Crippen LogP contribution in [-0.2, 0) is 0 Å². The number of rotatable bonds is 7. The number of nitrogens with two attached hydrogens (primary N) is 1. The van der Waals surface area contributed by atoms with Crippen LogP contribution >= 0.6 is 0 Å². The van der Waals surface area contributed by atoms with E-state index in [2.05, 4.69) is 17.3 Å². The highest BCUT2D eigenvalue weighted by atomic mass is 15.1. The van der Waals surface area contributed by atoms with E-state index in [0.717, 1.165) is 36.0 Å². The van der Waals surface area contributed by atoms with Gasteiger partial charge in [-0.2, -0.15) is 5.10 Å². The summed E-state index contributed by atoms with van der Waals surface area (Å²) in [6, 6.07) is 0. The Kier molecular flexibility index (Phi) is 7.91. The summed E-state index contributed by atoms with van der Waals surface area (Å²) in [5.41, 5.74) is 3.45. The van der Waals surface area contributed by atoms with E-state index in [1.807, 2.05) is 6.21 Å². The highest BCUT2D eigenvalue weighted by Gasteiger charge is 2.38. The van der Waals surface area contributed by atoms with Gasteiger partial charge in [0, 0.05) is 6.21 Å². The molecule has 2 saturated carbocycles. The third-order valence-corrected chi connectivity index (χ3v) is 8.92. The first-order valence-electron chi connectivity index (χ1n) is 12.9. The van der Waals surface area contributed by atoms with E-state index in [-0.39, 0.29) is 0 Å². The predicted molar refractivity (Wildman–Crippen MR) is 125 cm³/mol. The standard InChI is InChI=1S/C27H44N2/c28-29-20-5-1-2-7-21-12-14-22(15-13-21)23-16-18-25(19-17-23)27-11-6-9-24-8-3-4-10-26(24)27/h14,16,20-21,24-27H,1-13,15,17-19,28H2/t21?,24?,25-,26?,27?/m0/s1. The Balaban J connectivity index is 1.24. The zero-order valence-corrected chi connectivity index (χ0v) is 18.7. The average molecular weight is 397 g/mol. The largest absolute Gasteiger partial charge is 0.324 e. The maximum atomic E-state index is 5.18. The summed E-state index contributed by atoms with van der Waals surface area (Å²) in [7, 11) is 0. The minimum absolute atomic E-state index is 0.913. The fourth-order valence-electron chi connectivity index (χ4n) is 7.29. The van der Waals surface area contributed by atoms with Crippen molar-refractivity contribution in [1.29, 1.82) is 0 Å². The van der Waals surface area contributed by atoms with Crippen molar-refractivity contribution in [3.05, 3.63) is 23.3 Å². The van der Waals surface area contributed by atoms with Crippen molar-refractivity contribution >= 4 is 6.21 Å². The quantitative estimate of drug-likeness (QED) is 0.205. The molecule has 0 spiro atoms. The molecule has 2 nitrogen and oxygen atoms in total. The molecular weight excluding hydrogens is 352 g/mol. The molecule has 0 heterocycles. The van der Waals surface area contributed by atoms with E-state index in [4.69, 9.17) is 5.84 Å². The molecule has 2 heteroatoms. The van der Waals surface area contributed by atoms with E-state index < -0.39 is 0 Å². The number of unbranched alkanes of at least 4 members (excludes halogenated alkanes) is 2. The molecule has 4 unspecified atom stereocenters. The van der Waals surface area contributed by atoms with Gasteiger partial charge in [0.05, 0.1) is 0 Å². The molecule has 2 fully saturated rings. The van der Waals surface area contributed by atoms with Crippen molar-refractivity contribution in [2.24, 2.45) is 40.5 Å². The van der Waals surface area contributed by atoms with Gasteiger partial charge in [0.2, 0.25) is 0 Å². The Morgan fingerprint density at radius 2 is 1.52 bits per heavy atom. The summed E-state index contributed by atoms with van der Waals surface area (Å²) >= 11 is 0. The number of nitrogens with zero attached hydrogens (tertiary/aromatic N) is 1. The fraction of sp³-hybridized carbons (Fsp3) is 0.815. The second-order valence-corrected chi connectivity index (χ2v) is 10.6. The van der Waals surface area contributed by atoms with Crippen molar-refractivity contribution in [2.45, 2.75) is 109 Å². The Labute approximate surface area is 179 Å². The van der Waals surface area contributed by atoms with Gasteiger partial charge in [-0.3, -0.25) is 0 Å². The third kappa shape index (κ3) is 5.56. The SMILES string of the molecule is NN=CCCCCC1CC=C(C2=CC[C@H](C3CCCC4CCCCC43)CC2)CC1. The lowest BCUT2D eigenvalue weighted by Crippen LogP contribution is -2.35. The normalized spacial score (nSPS) is 35.8. The minimum atomic E-state index is 0.913. The lowest BCUT2D eigenvalue weighted by Gasteiger charge is -2.45. The number of hydrogen-bond donors (Lipinski definition) is 1. The Morgan fingerprint density at radius 3 is 2.28 bits per heavy atom. The van der Waals surface area contributed by atoms with Crippen LogP contribution in [0.1, 0.15) is 109 Å². The van der Waals surface area contributed by atoms with Gasteiger partial charge >= 0.3 is 0 Å².